The minimum atomic E-state index is -1.04. The second-order valence-corrected chi connectivity index (χ2v) is 8.91. The van der Waals surface area contributed by atoms with Gasteiger partial charge in [0.1, 0.15) is 12.6 Å². The maximum Gasteiger partial charge on any atom is 0.407 e. The minimum absolute atomic E-state index is 0.0240. The van der Waals surface area contributed by atoms with Gasteiger partial charge in [-0.2, -0.15) is 11.3 Å². The summed E-state index contributed by atoms with van der Waals surface area (Å²) in [7, 11) is 0. The Bertz CT molecular complexity index is 1120. The average Bonchev–Trinajstić information content (AvgIpc) is 3.46. The van der Waals surface area contributed by atoms with Crippen LogP contribution in [0.3, 0.4) is 0 Å². The molecule has 176 valence electrons. The average molecular weight is 479 g/mol. The van der Waals surface area contributed by atoms with Crippen LogP contribution in [0.15, 0.2) is 65.4 Å². The standard InChI is InChI=1S/C26H26N2O5S/c29-24(30)10-9-23(25(31)27-13-11-17-12-14-34-16-17)28-26(32)33-15-22-20-7-3-1-5-18(20)19-6-2-4-8-21(19)22/h1-8,12,14,16,22-23H,9-11,13,15H2,(H,27,31)(H,28,32)(H,29,30). The van der Waals surface area contributed by atoms with Crippen molar-refractivity contribution < 1.29 is 24.2 Å². The van der Waals surface area contributed by atoms with Gasteiger partial charge in [-0.3, -0.25) is 9.59 Å². The highest BCUT2D eigenvalue weighted by Gasteiger charge is 2.29. The van der Waals surface area contributed by atoms with Gasteiger partial charge in [0.25, 0.3) is 0 Å². The number of nitrogens with one attached hydrogen (secondary N) is 2. The molecule has 1 aliphatic rings. The maximum absolute atomic E-state index is 12.6. The van der Waals surface area contributed by atoms with E-state index in [2.05, 4.69) is 22.8 Å². The fourth-order valence-electron chi connectivity index (χ4n) is 4.21. The van der Waals surface area contributed by atoms with Gasteiger partial charge in [-0.05, 0) is 57.5 Å². The molecule has 0 radical (unpaired) electrons. The predicted octanol–water partition coefficient (Wildman–Crippen LogP) is 4.18. The Hall–Kier alpha value is -3.65. The van der Waals surface area contributed by atoms with E-state index in [1.165, 1.54) is 0 Å². The molecular formula is C26H26N2O5S. The van der Waals surface area contributed by atoms with Gasteiger partial charge in [0.05, 0.1) is 0 Å². The van der Waals surface area contributed by atoms with E-state index in [0.717, 1.165) is 27.8 Å². The second kappa shape index (κ2) is 11.0. The third kappa shape index (κ3) is 5.63. The first-order valence-electron chi connectivity index (χ1n) is 11.1. The van der Waals surface area contributed by atoms with Crippen molar-refractivity contribution >= 4 is 29.3 Å². The molecule has 2 aromatic carbocycles. The number of carbonyl (C=O) groups is 3. The lowest BCUT2D eigenvalue weighted by Gasteiger charge is -2.19. The molecule has 3 N–H and O–H groups in total. The molecule has 1 atom stereocenters. The maximum atomic E-state index is 12.6. The molecule has 0 aliphatic heterocycles. The quantitative estimate of drug-likeness (QED) is 0.406. The number of aliphatic carboxylic acids is 1. The molecule has 8 heteroatoms. The van der Waals surface area contributed by atoms with Crippen LogP contribution in [-0.4, -0.2) is 42.3 Å². The lowest BCUT2D eigenvalue weighted by molar-refractivity contribution is -0.137. The number of carboxylic acids is 1. The number of carbonyl (C=O) groups excluding carboxylic acids is 2. The van der Waals surface area contributed by atoms with Crippen molar-refractivity contribution in [1.82, 2.24) is 10.6 Å². The molecule has 0 saturated heterocycles. The SMILES string of the molecule is O=C(O)CCC(NC(=O)OCC1c2ccccc2-c2ccccc21)C(=O)NCCc1ccsc1. The number of carboxylic acid groups (broad SMARTS) is 1. The molecule has 4 rings (SSSR count). The van der Waals surface area contributed by atoms with E-state index in [9.17, 15) is 14.4 Å². The summed E-state index contributed by atoms with van der Waals surface area (Å²) in [6.07, 6.45) is -0.354. The van der Waals surface area contributed by atoms with E-state index in [-0.39, 0.29) is 25.4 Å². The zero-order chi connectivity index (χ0) is 23.9. The van der Waals surface area contributed by atoms with E-state index in [1.807, 2.05) is 53.2 Å². The molecule has 7 nitrogen and oxygen atoms in total. The van der Waals surface area contributed by atoms with Crippen LogP contribution < -0.4 is 10.6 Å². The normalized spacial score (nSPS) is 12.9. The second-order valence-electron chi connectivity index (χ2n) is 8.13. The van der Waals surface area contributed by atoms with E-state index in [4.69, 9.17) is 9.84 Å². The van der Waals surface area contributed by atoms with Crippen molar-refractivity contribution in [3.05, 3.63) is 82.0 Å². The summed E-state index contributed by atoms with van der Waals surface area (Å²) in [6.45, 7) is 0.511. The Kier molecular flexibility index (Phi) is 7.59. The van der Waals surface area contributed by atoms with E-state index < -0.39 is 24.0 Å². The van der Waals surface area contributed by atoms with Gasteiger partial charge in [0.2, 0.25) is 5.91 Å². The van der Waals surface area contributed by atoms with Gasteiger partial charge in [-0.1, -0.05) is 48.5 Å². The fourth-order valence-corrected chi connectivity index (χ4v) is 4.91. The number of ether oxygens (including phenoxy) is 1. The molecule has 0 fully saturated rings. The molecule has 0 spiro atoms. The lowest BCUT2D eigenvalue weighted by atomic mass is 9.98. The summed E-state index contributed by atoms with van der Waals surface area (Å²) >= 11 is 1.58. The highest BCUT2D eigenvalue weighted by atomic mass is 32.1. The van der Waals surface area contributed by atoms with Crippen LogP contribution >= 0.6 is 11.3 Å². The minimum Gasteiger partial charge on any atom is -0.481 e. The zero-order valence-corrected chi connectivity index (χ0v) is 19.3. The van der Waals surface area contributed by atoms with Crippen molar-refractivity contribution in [3.8, 4) is 11.1 Å². The third-order valence-electron chi connectivity index (χ3n) is 5.89. The highest BCUT2D eigenvalue weighted by molar-refractivity contribution is 7.07. The van der Waals surface area contributed by atoms with Crippen LogP contribution in [0.2, 0.25) is 0 Å². The van der Waals surface area contributed by atoms with Crippen LogP contribution in [0.25, 0.3) is 11.1 Å². The Morgan fingerprint density at radius 2 is 1.68 bits per heavy atom. The number of fused-ring (bicyclic) bond motifs is 3. The van der Waals surface area contributed by atoms with Crippen LogP contribution in [-0.2, 0) is 20.7 Å². The monoisotopic (exact) mass is 478 g/mol. The summed E-state index contributed by atoms with van der Waals surface area (Å²) in [4.78, 5) is 36.3. The third-order valence-corrected chi connectivity index (χ3v) is 6.62. The number of benzene rings is 2. The molecule has 1 aromatic heterocycles. The van der Waals surface area contributed by atoms with E-state index in [0.29, 0.717) is 13.0 Å². The topological polar surface area (TPSA) is 105 Å². The number of hydrogen-bond acceptors (Lipinski definition) is 5. The van der Waals surface area contributed by atoms with Crippen molar-refractivity contribution in [1.29, 1.82) is 0 Å². The summed E-state index contributed by atoms with van der Waals surface area (Å²) in [5, 5.41) is 18.3. The molecule has 0 bridgehead atoms. The van der Waals surface area contributed by atoms with Crippen LogP contribution in [0.1, 0.15) is 35.4 Å². The highest BCUT2D eigenvalue weighted by Crippen LogP contribution is 2.44. The smallest absolute Gasteiger partial charge is 0.407 e. The number of hydrogen-bond donors (Lipinski definition) is 3. The van der Waals surface area contributed by atoms with Crippen LogP contribution in [0, 0.1) is 0 Å². The van der Waals surface area contributed by atoms with E-state index in [1.54, 1.807) is 11.3 Å². The number of thiophene rings is 1. The summed E-state index contributed by atoms with van der Waals surface area (Å²) in [5.74, 6) is -1.56. The van der Waals surface area contributed by atoms with Crippen LogP contribution in [0.5, 0.6) is 0 Å². The first kappa shape index (κ1) is 23.5. The molecule has 2 amide bonds. The van der Waals surface area contributed by atoms with Gasteiger partial charge in [-0.25, -0.2) is 4.79 Å². The van der Waals surface area contributed by atoms with Gasteiger partial charge in [0, 0.05) is 18.9 Å². The van der Waals surface area contributed by atoms with Gasteiger partial charge >= 0.3 is 12.1 Å². The van der Waals surface area contributed by atoms with Crippen molar-refractivity contribution in [2.24, 2.45) is 0 Å². The molecule has 1 aliphatic carbocycles. The van der Waals surface area contributed by atoms with Crippen molar-refractivity contribution in [2.45, 2.75) is 31.2 Å². The Morgan fingerprint density at radius 3 is 2.29 bits per heavy atom. The van der Waals surface area contributed by atoms with Gasteiger partial charge in [0.15, 0.2) is 0 Å². The van der Waals surface area contributed by atoms with Crippen LogP contribution in [0.4, 0.5) is 4.79 Å². The molecule has 1 heterocycles. The molecule has 1 unspecified atom stereocenters. The number of rotatable bonds is 10. The summed E-state index contributed by atoms with van der Waals surface area (Å²) < 4.78 is 5.51. The fraction of sp³-hybridized carbons (Fsp3) is 0.269. The lowest BCUT2D eigenvalue weighted by Crippen LogP contribution is -2.47. The largest absolute Gasteiger partial charge is 0.481 e. The van der Waals surface area contributed by atoms with Gasteiger partial charge < -0.3 is 20.5 Å². The Balaban J connectivity index is 1.36. The predicted molar refractivity (Wildman–Crippen MR) is 130 cm³/mol. The molecule has 34 heavy (non-hydrogen) atoms. The van der Waals surface area contributed by atoms with Gasteiger partial charge in [-0.15, -0.1) is 0 Å². The first-order chi connectivity index (χ1) is 16.5. The zero-order valence-electron chi connectivity index (χ0n) is 18.5. The Morgan fingerprint density at radius 1 is 1.00 bits per heavy atom. The molecule has 3 aromatic rings. The number of alkyl carbamates (subject to hydrolysis) is 1. The molecular weight excluding hydrogens is 452 g/mol. The summed E-state index contributed by atoms with van der Waals surface area (Å²) in [5.41, 5.74) is 5.53. The first-order valence-corrected chi connectivity index (χ1v) is 12.1. The van der Waals surface area contributed by atoms with Crippen molar-refractivity contribution in [2.75, 3.05) is 13.2 Å². The number of amides is 2. The van der Waals surface area contributed by atoms with Crippen molar-refractivity contribution in [3.63, 3.8) is 0 Å². The summed E-state index contributed by atoms with van der Waals surface area (Å²) in [6, 6.07) is 17.0. The van der Waals surface area contributed by atoms with E-state index >= 15 is 0 Å². The molecule has 0 saturated carbocycles. The Labute approximate surface area is 201 Å².